The number of hydrogen-bond donors (Lipinski definition) is 0. The van der Waals surface area contributed by atoms with Crippen LogP contribution in [0.5, 0.6) is 0 Å². The second-order valence-electron chi connectivity index (χ2n) is 9.26. The maximum Gasteiger partial charge on any atom is 0.418 e. The van der Waals surface area contributed by atoms with Gasteiger partial charge in [-0.2, -0.15) is 13.2 Å². The molecule has 1 aliphatic carbocycles. The predicted octanol–water partition coefficient (Wildman–Crippen LogP) is 5.91. The van der Waals surface area contributed by atoms with Crippen LogP contribution in [0, 0.1) is 0 Å². The molecule has 1 aromatic heterocycles. The Kier molecular flexibility index (Phi) is 5.56. The van der Waals surface area contributed by atoms with E-state index in [2.05, 4.69) is 29.2 Å². The first-order valence-electron chi connectivity index (χ1n) is 11.9. The van der Waals surface area contributed by atoms with Crippen molar-refractivity contribution in [3.8, 4) is 11.1 Å². The van der Waals surface area contributed by atoms with E-state index in [0.717, 1.165) is 28.3 Å². The Morgan fingerprint density at radius 3 is 2.36 bits per heavy atom. The molecule has 3 aliphatic rings. The van der Waals surface area contributed by atoms with Crippen LogP contribution in [0.4, 0.5) is 18.0 Å². The van der Waals surface area contributed by atoms with Crippen LogP contribution in [0.1, 0.15) is 34.7 Å². The molecule has 2 unspecified atom stereocenters. The number of carbonyl (C=O) groups excluding carboxylic acids is 1. The summed E-state index contributed by atoms with van der Waals surface area (Å²) in [6.07, 6.45) is -1.77. The van der Waals surface area contributed by atoms with Crippen LogP contribution < -0.4 is 0 Å². The fraction of sp³-hybridized carbons (Fsp3) is 0.286. The highest BCUT2D eigenvalue weighted by atomic mass is 19.4. The average molecular weight is 492 g/mol. The van der Waals surface area contributed by atoms with E-state index in [1.165, 1.54) is 12.3 Å². The van der Waals surface area contributed by atoms with Gasteiger partial charge in [0.2, 0.25) is 0 Å². The highest BCUT2D eigenvalue weighted by molar-refractivity contribution is 5.79. The van der Waals surface area contributed by atoms with Gasteiger partial charge in [0.1, 0.15) is 6.61 Å². The molecule has 2 aliphatic heterocycles. The van der Waals surface area contributed by atoms with Crippen molar-refractivity contribution in [2.75, 3.05) is 19.8 Å². The molecule has 1 amide bonds. The van der Waals surface area contributed by atoms with Crippen molar-refractivity contribution in [1.29, 1.82) is 0 Å². The third-order valence-corrected chi connectivity index (χ3v) is 7.16. The van der Waals surface area contributed by atoms with E-state index < -0.39 is 29.9 Å². The first-order chi connectivity index (χ1) is 17.4. The molecule has 184 valence electrons. The van der Waals surface area contributed by atoms with Gasteiger partial charge in [-0.1, -0.05) is 54.6 Å². The Bertz CT molecular complexity index is 1310. The zero-order valence-corrected chi connectivity index (χ0v) is 19.2. The maximum absolute atomic E-state index is 13.6. The molecule has 5 nitrogen and oxygen atoms in total. The van der Waals surface area contributed by atoms with Gasteiger partial charge in [0.15, 0.2) is 0 Å². The molecule has 6 rings (SSSR count). The zero-order chi connectivity index (χ0) is 24.9. The lowest BCUT2D eigenvalue weighted by Crippen LogP contribution is -2.56. The molecule has 2 bridgehead atoms. The van der Waals surface area contributed by atoms with Crippen LogP contribution in [0.25, 0.3) is 16.7 Å². The minimum Gasteiger partial charge on any atom is -0.448 e. The number of morpholine rings is 1. The van der Waals surface area contributed by atoms with Crippen molar-refractivity contribution in [3.05, 3.63) is 95.3 Å². The smallest absolute Gasteiger partial charge is 0.418 e. The van der Waals surface area contributed by atoms with Gasteiger partial charge in [0.05, 0.1) is 36.6 Å². The van der Waals surface area contributed by atoms with Crippen LogP contribution in [0.15, 0.2) is 72.9 Å². The summed E-state index contributed by atoms with van der Waals surface area (Å²) in [6, 6.07) is 17.6. The number of benzene rings is 2. The first-order valence-corrected chi connectivity index (χ1v) is 11.9. The number of alkyl halides is 3. The van der Waals surface area contributed by atoms with Crippen molar-refractivity contribution in [2.45, 2.75) is 30.6 Å². The van der Waals surface area contributed by atoms with Gasteiger partial charge in [-0.25, -0.2) is 4.79 Å². The maximum atomic E-state index is 13.6. The number of rotatable bonds is 3. The average Bonchev–Trinajstić information content (AvgIpc) is 3.20. The van der Waals surface area contributed by atoms with Crippen molar-refractivity contribution in [3.63, 3.8) is 0 Å². The monoisotopic (exact) mass is 492 g/mol. The highest BCUT2D eigenvalue weighted by Crippen LogP contribution is 2.45. The number of ether oxygens (including phenoxy) is 2. The molecule has 0 N–H and O–H groups in total. The Morgan fingerprint density at radius 1 is 1.00 bits per heavy atom. The van der Waals surface area contributed by atoms with Crippen molar-refractivity contribution >= 4 is 11.7 Å². The Hall–Kier alpha value is -3.65. The van der Waals surface area contributed by atoms with Crippen molar-refractivity contribution in [2.24, 2.45) is 0 Å². The second-order valence-corrected chi connectivity index (χ2v) is 9.26. The standard InChI is InChI=1S/C28H23F3N2O3/c29-28(30,31)25-10-5-11-32-26(25)17-12-18-14-35-15-19(13-17)33(18)27(34)36-16-24-22-8-3-1-6-20(22)21-7-2-4-9-23(21)24/h1-12,18-19,24H,13-16H2. The Morgan fingerprint density at radius 2 is 1.69 bits per heavy atom. The van der Waals surface area contributed by atoms with Gasteiger partial charge in [0.25, 0.3) is 0 Å². The predicted molar refractivity (Wildman–Crippen MR) is 127 cm³/mol. The number of carbonyl (C=O) groups is 1. The fourth-order valence-electron chi connectivity index (χ4n) is 5.61. The van der Waals surface area contributed by atoms with Crippen LogP contribution in [-0.2, 0) is 15.7 Å². The number of fused-ring (bicyclic) bond motifs is 5. The van der Waals surface area contributed by atoms with Crippen LogP contribution >= 0.6 is 0 Å². The number of halogens is 3. The van der Waals surface area contributed by atoms with Gasteiger partial charge in [-0.05, 0) is 46.4 Å². The van der Waals surface area contributed by atoms with E-state index in [4.69, 9.17) is 9.47 Å². The number of hydrogen-bond acceptors (Lipinski definition) is 4. The van der Waals surface area contributed by atoms with Gasteiger partial charge in [0, 0.05) is 12.1 Å². The summed E-state index contributed by atoms with van der Waals surface area (Å²) in [4.78, 5) is 18.9. The van der Waals surface area contributed by atoms with Crippen LogP contribution in [-0.4, -0.2) is 47.9 Å². The molecular weight excluding hydrogens is 469 g/mol. The first kappa shape index (κ1) is 22.8. The zero-order valence-electron chi connectivity index (χ0n) is 19.2. The molecule has 3 aromatic rings. The van der Waals surface area contributed by atoms with Crippen molar-refractivity contribution < 1.29 is 27.4 Å². The third-order valence-electron chi connectivity index (χ3n) is 7.16. The van der Waals surface area contributed by atoms with E-state index in [9.17, 15) is 18.0 Å². The molecule has 1 fully saturated rings. The summed E-state index contributed by atoms with van der Waals surface area (Å²) in [6.45, 7) is 0.600. The van der Waals surface area contributed by atoms with Crippen molar-refractivity contribution in [1.82, 2.24) is 9.88 Å². The number of nitrogens with zero attached hydrogens (tertiary/aromatic N) is 2. The van der Waals surface area contributed by atoms with E-state index in [1.54, 1.807) is 11.0 Å². The number of aromatic nitrogens is 1. The normalized spacial score (nSPS) is 21.0. The molecule has 0 spiro atoms. The summed E-state index contributed by atoms with van der Waals surface area (Å²) < 4.78 is 52.2. The van der Waals surface area contributed by atoms with E-state index in [-0.39, 0.29) is 37.9 Å². The molecule has 0 radical (unpaired) electrons. The summed E-state index contributed by atoms with van der Waals surface area (Å²) in [5.41, 5.74) is 4.13. The second kappa shape index (κ2) is 8.78. The SMILES string of the molecule is O=C(OCC1c2ccccc2-c2ccccc21)N1C2C=C(c3ncccc3C(F)(F)F)CC1COC2. The summed E-state index contributed by atoms with van der Waals surface area (Å²) in [5, 5.41) is 0. The molecule has 2 aromatic carbocycles. The molecular formula is C28H23F3N2O3. The summed E-state index contributed by atoms with van der Waals surface area (Å²) >= 11 is 0. The topological polar surface area (TPSA) is 51.7 Å². The minimum atomic E-state index is -4.51. The fourth-order valence-corrected chi connectivity index (χ4v) is 5.61. The third kappa shape index (κ3) is 3.86. The number of amides is 1. The summed E-state index contributed by atoms with van der Waals surface area (Å²) in [5.74, 6) is -0.0730. The summed E-state index contributed by atoms with van der Waals surface area (Å²) in [7, 11) is 0. The molecule has 2 atom stereocenters. The van der Waals surface area contributed by atoms with E-state index in [1.807, 2.05) is 24.3 Å². The van der Waals surface area contributed by atoms with E-state index in [0.29, 0.717) is 5.57 Å². The highest BCUT2D eigenvalue weighted by Gasteiger charge is 2.42. The number of pyridine rings is 1. The lowest BCUT2D eigenvalue weighted by atomic mass is 9.90. The molecule has 3 heterocycles. The molecule has 1 saturated heterocycles. The van der Waals surface area contributed by atoms with Crippen LogP contribution in [0.2, 0.25) is 0 Å². The largest absolute Gasteiger partial charge is 0.448 e. The molecule has 8 heteroatoms. The van der Waals surface area contributed by atoms with Gasteiger partial charge in [-0.15, -0.1) is 0 Å². The molecule has 0 saturated carbocycles. The molecule has 36 heavy (non-hydrogen) atoms. The van der Waals surface area contributed by atoms with Gasteiger partial charge in [-0.3, -0.25) is 9.88 Å². The van der Waals surface area contributed by atoms with E-state index >= 15 is 0 Å². The lowest BCUT2D eigenvalue weighted by Gasteiger charge is -2.43. The quantitative estimate of drug-likeness (QED) is 0.457. The minimum absolute atomic E-state index is 0.0730. The lowest BCUT2D eigenvalue weighted by molar-refractivity contribution is -0.138. The van der Waals surface area contributed by atoms with Gasteiger partial charge < -0.3 is 9.47 Å². The Balaban J connectivity index is 1.24. The Labute approximate surface area is 206 Å². The van der Waals surface area contributed by atoms with Crippen LogP contribution in [0.3, 0.4) is 0 Å². The van der Waals surface area contributed by atoms with Gasteiger partial charge >= 0.3 is 12.3 Å².